The van der Waals surface area contributed by atoms with Crippen molar-refractivity contribution >= 4 is 24.2 Å². The minimum absolute atomic E-state index is 0.265. The van der Waals surface area contributed by atoms with E-state index in [2.05, 4.69) is 0 Å². The summed E-state index contributed by atoms with van der Waals surface area (Å²) in [4.78, 5) is 0. The molecule has 1 fully saturated rings. The van der Waals surface area contributed by atoms with Gasteiger partial charge in [0, 0.05) is 11.5 Å². The number of halogens is 3. The third kappa shape index (κ3) is 2.27. The van der Waals surface area contributed by atoms with E-state index in [1.54, 1.807) is 0 Å². The van der Waals surface area contributed by atoms with Crippen LogP contribution in [-0.2, 0) is 9.31 Å². The van der Waals surface area contributed by atoms with Gasteiger partial charge in [0.2, 0.25) is 5.02 Å². The molecule has 1 aromatic rings. The standard InChI is InChI=1S/C12H15BCl2FO2/c1-11(2)12(3,4)18-13(17-11)8-5-7(16)6-9(14)10(8)15/h5-6,14H,1-4H3/q+1. The molecule has 6 heteroatoms. The summed E-state index contributed by atoms with van der Waals surface area (Å²) in [5.74, 6) is -0.436. The zero-order valence-corrected chi connectivity index (χ0v) is 12.3. The van der Waals surface area contributed by atoms with Crippen molar-refractivity contribution in [3.8, 4) is 0 Å². The first-order valence-electron chi connectivity index (χ1n) is 5.66. The zero-order chi connectivity index (χ0) is 13.7. The minimum Gasteiger partial charge on any atom is -0.399 e. The van der Waals surface area contributed by atoms with Gasteiger partial charge in [0.15, 0.2) is 11.6 Å². The van der Waals surface area contributed by atoms with Crippen LogP contribution in [-0.4, -0.2) is 18.3 Å². The van der Waals surface area contributed by atoms with E-state index in [0.29, 0.717) is 10.5 Å². The van der Waals surface area contributed by atoms with Gasteiger partial charge >= 0.3 is 7.12 Å². The summed E-state index contributed by atoms with van der Waals surface area (Å²) in [5.41, 5.74) is -0.538. The summed E-state index contributed by atoms with van der Waals surface area (Å²) in [7, 11) is -0.695. The van der Waals surface area contributed by atoms with Crippen LogP contribution in [0.5, 0.6) is 0 Å². The van der Waals surface area contributed by atoms with Gasteiger partial charge in [-0.2, -0.15) is 0 Å². The smallest absolute Gasteiger partial charge is 0.399 e. The molecule has 0 aromatic heterocycles. The van der Waals surface area contributed by atoms with Crippen molar-refractivity contribution in [2.75, 3.05) is 0 Å². The summed E-state index contributed by atoms with van der Waals surface area (Å²) in [6, 6.07) is 2.52. The normalized spacial score (nSPS) is 21.4. The van der Waals surface area contributed by atoms with E-state index in [1.807, 2.05) is 27.7 Å². The summed E-state index contributed by atoms with van der Waals surface area (Å²) in [5, 5.41) is 0.575. The second-order valence-electron chi connectivity index (χ2n) is 5.40. The van der Waals surface area contributed by atoms with Crippen molar-refractivity contribution in [2.45, 2.75) is 38.9 Å². The van der Waals surface area contributed by atoms with Crippen molar-refractivity contribution in [3.05, 3.63) is 28.0 Å². The molecule has 1 aromatic carbocycles. The van der Waals surface area contributed by atoms with Crippen molar-refractivity contribution in [1.82, 2.24) is 0 Å². The van der Waals surface area contributed by atoms with Crippen LogP contribution < -0.4 is 5.46 Å². The molecule has 18 heavy (non-hydrogen) atoms. The maximum absolute atomic E-state index is 13.4. The van der Waals surface area contributed by atoms with E-state index < -0.39 is 24.1 Å². The maximum atomic E-state index is 13.4. The predicted octanol–water partition coefficient (Wildman–Crippen LogP) is 2.47. The first kappa shape index (κ1) is 14.1. The Kier molecular flexibility index (Phi) is 3.44. The van der Waals surface area contributed by atoms with Gasteiger partial charge in [-0.3, -0.25) is 0 Å². The highest BCUT2D eigenvalue weighted by molar-refractivity contribution is 6.65. The van der Waals surface area contributed by atoms with Gasteiger partial charge in [-0.05, 0) is 33.8 Å². The Morgan fingerprint density at radius 3 is 2.17 bits per heavy atom. The van der Waals surface area contributed by atoms with Gasteiger partial charge < -0.3 is 9.31 Å². The first-order chi connectivity index (χ1) is 8.14. The van der Waals surface area contributed by atoms with E-state index in [4.69, 9.17) is 32.5 Å². The molecule has 0 unspecified atom stereocenters. The third-order valence-electron chi connectivity index (χ3n) is 3.54. The Bertz CT molecular complexity index is 475. The molecule has 0 N–H and O–H groups in total. The van der Waals surface area contributed by atoms with Crippen LogP contribution in [0.15, 0.2) is 12.1 Å². The molecule has 1 aliphatic heterocycles. The Hall–Kier alpha value is -0.285. The van der Waals surface area contributed by atoms with Crippen LogP contribution in [0.3, 0.4) is 0 Å². The van der Waals surface area contributed by atoms with Crippen LogP contribution >= 0.6 is 11.6 Å². The van der Waals surface area contributed by atoms with Crippen molar-refractivity contribution in [1.29, 1.82) is 0 Å². The number of hydrogen-bond acceptors (Lipinski definition) is 2. The molecule has 0 spiro atoms. The van der Waals surface area contributed by atoms with Gasteiger partial charge in [0.05, 0.1) is 11.2 Å². The summed E-state index contributed by atoms with van der Waals surface area (Å²) >= 11 is 11.1. The fraction of sp³-hybridized carbons (Fsp3) is 0.500. The topological polar surface area (TPSA) is 18.5 Å². The average molecular weight is 292 g/mol. The van der Waals surface area contributed by atoms with E-state index in [9.17, 15) is 4.39 Å². The van der Waals surface area contributed by atoms with Crippen molar-refractivity contribution < 1.29 is 25.3 Å². The molecule has 1 saturated heterocycles. The fourth-order valence-electron chi connectivity index (χ4n) is 1.73. The molecule has 98 valence electrons. The molecule has 1 aliphatic rings. The monoisotopic (exact) mass is 291 g/mol. The summed E-state index contributed by atoms with van der Waals surface area (Å²) < 4.78 is 25.1. The highest BCUT2D eigenvalue weighted by Crippen LogP contribution is 2.37. The fourth-order valence-corrected chi connectivity index (χ4v) is 2.15. The number of rotatable bonds is 1. The van der Waals surface area contributed by atoms with E-state index in [1.165, 1.54) is 12.1 Å². The quantitative estimate of drug-likeness (QED) is 0.585. The second-order valence-corrected chi connectivity index (χ2v) is 6.21. The lowest BCUT2D eigenvalue weighted by atomic mass is 9.79. The van der Waals surface area contributed by atoms with Crippen molar-refractivity contribution in [3.63, 3.8) is 0 Å². The van der Waals surface area contributed by atoms with Crippen LogP contribution in [0, 0.1) is 17.4 Å². The largest absolute Gasteiger partial charge is 0.496 e. The van der Waals surface area contributed by atoms with Gasteiger partial charge in [-0.1, -0.05) is 11.6 Å². The zero-order valence-electron chi connectivity index (χ0n) is 10.7. The Labute approximate surface area is 117 Å². The molecule has 0 bridgehead atoms. The van der Waals surface area contributed by atoms with Gasteiger partial charge in [-0.15, -0.1) is 0 Å². The minimum atomic E-state index is -0.695. The highest BCUT2D eigenvalue weighted by atomic mass is 35.5. The first-order valence-corrected chi connectivity index (χ1v) is 6.44. The molecule has 2 nitrogen and oxygen atoms in total. The van der Waals surface area contributed by atoms with E-state index in [-0.39, 0.29) is 5.02 Å². The lowest BCUT2D eigenvalue weighted by Gasteiger charge is -2.32. The molecule has 2 rings (SSSR count). The maximum Gasteiger partial charge on any atom is 0.496 e. The highest BCUT2D eigenvalue weighted by Gasteiger charge is 2.52. The SMILES string of the molecule is CC1(C)OB(c2cc(F)cc([ClH+])c2Cl)OC1(C)C. The molecule has 0 saturated carbocycles. The van der Waals surface area contributed by atoms with Crippen LogP contribution in [0.25, 0.3) is 0 Å². The number of hydrogen-bond donors (Lipinski definition) is 0. The predicted molar refractivity (Wildman–Crippen MR) is 67.7 cm³/mol. The number of benzene rings is 1. The lowest BCUT2D eigenvalue weighted by molar-refractivity contribution is -0.288. The van der Waals surface area contributed by atoms with E-state index >= 15 is 0 Å². The van der Waals surface area contributed by atoms with Crippen LogP contribution in [0.2, 0.25) is 10.0 Å². The Morgan fingerprint density at radius 1 is 1.17 bits per heavy atom. The Morgan fingerprint density at radius 2 is 1.67 bits per heavy atom. The van der Waals surface area contributed by atoms with Gasteiger partial charge in [-0.25, -0.2) is 4.39 Å². The summed E-state index contributed by atoms with van der Waals surface area (Å²) in [6.45, 7) is 7.70. The average Bonchev–Trinajstić information content (AvgIpc) is 2.42. The second kappa shape index (κ2) is 4.38. The Balaban J connectivity index is 2.41. The van der Waals surface area contributed by atoms with Gasteiger partial charge in [0.25, 0.3) is 0 Å². The molecule has 0 atom stereocenters. The molecule has 0 aliphatic carbocycles. The molecular formula is C12H15BCl2FO2+. The molecule has 0 radical (unpaired) electrons. The van der Waals surface area contributed by atoms with Crippen LogP contribution in [0.1, 0.15) is 27.7 Å². The van der Waals surface area contributed by atoms with E-state index in [0.717, 1.165) is 0 Å². The third-order valence-corrected chi connectivity index (χ3v) is 4.40. The lowest BCUT2D eigenvalue weighted by Crippen LogP contribution is -2.41. The molecular weight excluding hydrogens is 277 g/mol. The van der Waals surface area contributed by atoms with Gasteiger partial charge in [0.1, 0.15) is 10.8 Å². The molecule has 0 amide bonds. The van der Waals surface area contributed by atoms with Crippen molar-refractivity contribution in [2.24, 2.45) is 0 Å². The molecule has 1 heterocycles. The summed E-state index contributed by atoms with van der Waals surface area (Å²) in [6.07, 6.45) is 0. The van der Waals surface area contributed by atoms with Crippen LogP contribution in [0.4, 0.5) is 4.39 Å².